The standard InChI is InChI=1S/C21H28N4O4/c1-15(29-19-6-4-18(28-3)5-7-19)21(27)25-10-8-16(9-11-25)12-22-20(26)17-13-23-24(2)14-17/h4-7,13-16H,8-12H2,1-3H3,(H,22,26). The number of likely N-dealkylation sites (tertiary alicyclic amines) is 1. The molecule has 2 aromatic rings. The SMILES string of the molecule is COc1ccc(OC(C)C(=O)N2CCC(CNC(=O)c3cnn(C)c3)CC2)cc1. The first-order valence-corrected chi connectivity index (χ1v) is 9.82. The summed E-state index contributed by atoms with van der Waals surface area (Å²) < 4.78 is 12.5. The zero-order valence-electron chi connectivity index (χ0n) is 17.1. The van der Waals surface area contributed by atoms with E-state index in [1.165, 1.54) is 0 Å². The molecule has 1 aromatic heterocycles. The summed E-state index contributed by atoms with van der Waals surface area (Å²) in [7, 11) is 3.39. The van der Waals surface area contributed by atoms with Gasteiger partial charge in [-0.1, -0.05) is 0 Å². The molecule has 1 aromatic carbocycles. The fourth-order valence-corrected chi connectivity index (χ4v) is 3.40. The number of aryl methyl sites for hydroxylation is 1. The van der Waals surface area contributed by atoms with Gasteiger partial charge in [-0.2, -0.15) is 5.10 Å². The molecule has 1 saturated heterocycles. The molecule has 0 radical (unpaired) electrons. The summed E-state index contributed by atoms with van der Waals surface area (Å²) in [6.07, 6.45) is 4.41. The van der Waals surface area contributed by atoms with Crippen molar-refractivity contribution in [3.05, 3.63) is 42.2 Å². The van der Waals surface area contributed by atoms with Crippen LogP contribution >= 0.6 is 0 Å². The lowest BCUT2D eigenvalue weighted by Crippen LogP contribution is -2.46. The number of nitrogens with one attached hydrogen (secondary N) is 1. The minimum absolute atomic E-state index is 0.0151. The smallest absolute Gasteiger partial charge is 0.263 e. The Hall–Kier alpha value is -3.03. The van der Waals surface area contributed by atoms with Crippen molar-refractivity contribution in [2.24, 2.45) is 13.0 Å². The fourth-order valence-electron chi connectivity index (χ4n) is 3.40. The first-order chi connectivity index (χ1) is 14.0. The van der Waals surface area contributed by atoms with Crippen LogP contribution in [0.5, 0.6) is 11.5 Å². The Morgan fingerprint density at radius 2 is 1.86 bits per heavy atom. The van der Waals surface area contributed by atoms with E-state index in [2.05, 4.69) is 10.4 Å². The Morgan fingerprint density at radius 3 is 2.45 bits per heavy atom. The quantitative estimate of drug-likeness (QED) is 0.767. The topological polar surface area (TPSA) is 85.7 Å². The van der Waals surface area contributed by atoms with E-state index in [9.17, 15) is 9.59 Å². The number of piperidine rings is 1. The van der Waals surface area contributed by atoms with Gasteiger partial charge in [0.05, 0.1) is 18.9 Å². The molecule has 156 valence electrons. The van der Waals surface area contributed by atoms with Crippen molar-refractivity contribution in [2.45, 2.75) is 25.9 Å². The van der Waals surface area contributed by atoms with Crippen LogP contribution in [0.15, 0.2) is 36.7 Å². The molecule has 0 aliphatic carbocycles. The van der Waals surface area contributed by atoms with Gasteiger partial charge in [-0.05, 0) is 49.9 Å². The predicted octanol–water partition coefficient (Wildman–Crippen LogP) is 1.86. The highest BCUT2D eigenvalue weighted by Crippen LogP contribution is 2.21. The minimum atomic E-state index is -0.551. The maximum absolute atomic E-state index is 12.7. The van der Waals surface area contributed by atoms with Crippen molar-refractivity contribution in [1.29, 1.82) is 0 Å². The van der Waals surface area contributed by atoms with Gasteiger partial charge >= 0.3 is 0 Å². The van der Waals surface area contributed by atoms with Crippen molar-refractivity contribution < 1.29 is 19.1 Å². The molecule has 29 heavy (non-hydrogen) atoms. The second-order valence-electron chi connectivity index (χ2n) is 7.32. The highest BCUT2D eigenvalue weighted by atomic mass is 16.5. The van der Waals surface area contributed by atoms with Gasteiger partial charge in [0.15, 0.2) is 6.10 Å². The maximum Gasteiger partial charge on any atom is 0.263 e. The molecule has 0 saturated carbocycles. The Bertz CT molecular complexity index is 825. The Balaban J connectivity index is 1.41. The van der Waals surface area contributed by atoms with Crippen LogP contribution < -0.4 is 14.8 Å². The molecular formula is C21H28N4O4. The van der Waals surface area contributed by atoms with Crippen molar-refractivity contribution in [3.63, 3.8) is 0 Å². The molecule has 8 nitrogen and oxygen atoms in total. The number of carbonyl (C=O) groups excluding carboxylic acids is 2. The Labute approximate surface area is 170 Å². The zero-order valence-corrected chi connectivity index (χ0v) is 17.1. The van der Waals surface area contributed by atoms with Gasteiger partial charge < -0.3 is 19.7 Å². The van der Waals surface area contributed by atoms with Crippen LogP contribution in [0.2, 0.25) is 0 Å². The molecule has 3 rings (SSSR count). The van der Waals surface area contributed by atoms with Crippen molar-refractivity contribution in [2.75, 3.05) is 26.7 Å². The van der Waals surface area contributed by atoms with Crippen LogP contribution in [0.25, 0.3) is 0 Å². The van der Waals surface area contributed by atoms with E-state index in [4.69, 9.17) is 9.47 Å². The van der Waals surface area contributed by atoms with Crippen LogP contribution in [0.4, 0.5) is 0 Å². The average molecular weight is 400 g/mol. The van der Waals surface area contributed by atoms with Gasteiger partial charge in [0.2, 0.25) is 0 Å². The molecular weight excluding hydrogens is 372 g/mol. The lowest BCUT2D eigenvalue weighted by molar-refractivity contribution is -0.139. The fraction of sp³-hybridized carbons (Fsp3) is 0.476. The summed E-state index contributed by atoms with van der Waals surface area (Å²) in [5, 5.41) is 6.97. The summed E-state index contributed by atoms with van der Waals surface area (Å²) >= 11 is 0. The predicted molar refractivity (Wildman–Crippen MR) is 108 cm³/mol. The van der Waals surface area contributed by atoms with Gasteiger partial charge in [0.25, 0.3) is 11.8 Å². The number of benzene rings is 1. The zero-order chi connectivity index (χ0) is 20.8. The van der Waals surface area contributed by atoms with E-state index in [1.807, 2.05) is 4.90 Å². The Morgan fingerprint density at radius 1 is 1.21 bits per heavy atom. The van der Waals surface area contributed by atoms with Gasteiger partial charge in [0.1, 0.15) is 11.5 Å². The summed E-state index contributed by atoms with van der Waals surface area (Å²) in [6.45, 7) is 3.71. The molecule has 1 fully saturated rings. The van der Waals surface area contributed by atoms with Gasteiger partial charge in [-0.15, -0.1) is 0 Å². The maximum atomic E-state index is 12.7. The molecule has 0 spiro atoms. The molecule has 1 aliphatic rings. The molecule has 0 bridgehead atoms. The first-order valence-electron chi connectivity index (χ1n) is 9.82. The molecule has 2 amide bonds. The minimum Gasteiger partial charge on any atom is -0.497 e. The van der Waals surface area contributed by atoms with Crippen LogP contribution in [0.3, 0.4) is 0 Å². The summed E-state index contributed by atoms with van der Waals surface area (Å²) in [6, 6.07) is 7.19. The summed E-state index contributed by atoms with van der Waals surface area (Å²) in [5.41, 5.74) is 0.560. The number of hydrogen-bond donors (Lipinski definition) is 1. The first kappa shape index (κ1) is 20.7. The third kappa shape index (κ3) is 5.49. The highest BCUT2D eigenvalue weighted by Gasteiger charge is 2.27. The van der Waals surface area contributed by atoms with E-state index in [0.29, 0.717) is 36.9 Å². The van der Waals surface area contributed by atoms with Crippen LogP contribution in [0.1, 0.15) is 30.1 Å². The Kier molecular flexibility index (Phi) is 6.74. The number of amides is 2. The monoisotopic (exact) mass is 400 g/mol. The number of methoxy groups -OCH3 is 1. The van der Waals surface area contributed by atoms with Crippen molar-refractivity contribution >= 4 is 11.8 Å². The number of ether oxygens (including phenoxy) is 2. The van der Waals surface area contributed by atoms with Gasteiger partial charge in [-0.25, -0.2) is 0 Å². The van der Waals surface area contributed by atoms with Crippen LogP contribution in [-0.2, 0) is 11.8 Å². The molecule has 1 N–H and O–H groups in total. The van der Waals surface area contributed by atoms with Gasteiger partial charge in [0, 0.05) is 32.9 Å². The largest absolute Gasteiger partial charge is 0.497 e. The average Bonchev–Trinajstić information content (AvgIpc) is 3.19. The summed E-state index contributed by atoms with van der Waals surface area (Å²) in [5.74, 6) is 1.61. The van der Waals surface area contributed by atoms with E-state index >= 15 is 0 Å². The number of nitrogens with zero attached hydrogens (tertiary/aromatic N) is 3. The van der Waals surface area contributed by atoms with E-state index in [0.717, 1.165) is 18.6 Å². The molecule has 8 heteroatoms. The lowest BCUT2D eigenvalue weighted by Gasteiger charge is -2.33. The summed E-state index contributed by atoms with van der Waals surface area (Å²) in [4.78, 5) is 26.6. The van der Waals surface area contributed by atoms with Crippen molar-refractivity contribution in [1.82, 2.24) is 20.0 Å². The highest BCUT2D eigenvalue weighted by molar-refractivity contribution is 5.93. The van der Waals surface area contributed by atoms with Crippen molar-refractivity contribution in [3.8, 4) is 11.5 Å². The second kappa shape index (κ2) is 9.45. The van der Waals surface area contributed by atoms with E-state index < -0.39 is 6.10 Å². The number of rotatable bonds is 7. The molecule has 1 aliphatic heterocycles. The van der Waals surface area contributed by atoms with E-state index in [1.54, 1.807) is 62.4 Å². The van der Waals surface area contributed by atoms with Crippen LogP contribution in [-0.4, -0.2) is 59.3 Å². The number of aromatic nitrogens is 2. The second-order valence-corrected chi connectivity index (χ2v) is 7.32. The third-order valence-corrected chi connectivity index (χ3v) is 5.16. The molecule has 1 unspecified atom stereocenters. The van der Waals surface area contributed by atoms with E-state index in [-0.39, 0.29) is 11.8 Å². The van der Waals surface area contributed by atoms with Gasteiger partial charge in [-0.3, -0.25) is 14.3 Å². The number of hydrogen-bond acceptors (Lipinski definition) is 5. The molecule has 2 heterocycles. The third-order valence-electron chi connectivity index (χ3n) is 5.16. The van der Waals surface area contributed by atoms with Crippen LogP contribution in [0, 0.1) is 5.92 Å². The normalized spacial score (nSPS) is 15.6. The lowest BCUT2D eigenvalue weighted by atomic mass is 9.96. The molecule has 1 atom stereocenters. The number of carbonyl (C=O) groups is 2.